The number of hydrogen-bond acceptors (Lipinski definition) is 4. The van der Waals surface area contributed by atoms with Crippen LogP contribution in [-0.2, 0) is 4.79 Å². The van der Waals surface area contributed by atoms with Crippen molar-refractivity contribution < 1.29 is 18.7 Å². The molecule has 1 aliphatic rings. The third kappa shape index (κ3) is 3.48. The number of hydrazone groups is 1. The van der Waals surface area contributed by atoms with Crippen LogP contribution in [0.2, 0.25) is 0 Å². The molecule has 0 unspecified atom stereocenters. The van der Waals surface area contributed by atoms with Gasteiger partial charge in [-0.25, -0.2) is 9.82 Å². The zero-order valence-electron chi connectivity index (χ0n) is 12.5. The Bertz CT molecular complexity index is 761. The van der Waals surface area contributed by atoms with E-state index in [1.807, 2.05) is 6.07 Å². The van der Waals surface area contributed by atoms with Crippen molar-refractivity contribution in [1.29, 1.82) is 0 Å². The lowest BCUT2D eigenvalue weighted by molar-refractivity contribution is -0.130. The molecule has 0 bridgehead atoms. The average molecular weight is 314 g/mol. The molecule has 0 fully saturated rings. The van der Waals surface area contributed by atoms with Crippen molar-refractivity contribution >= 4 is 11.6 Å². The van der Waals surface area contributed by atoms with E-state index in [2.05, 4.69) is 10.5 Å². The molecule has 1 heterocycles. The summed E-state index contributed by atoms with van der Waals surface area (Å²) in [5.74, 6) is 0.347. The minimum Gasteiger partial charge on any atom is -0.485 e. The molecule has 2 aromatic rings. The number of carbonyl (C=O) groups is 1. The maximum absolute atomic E-state index is 13.2. The molecule has 0 aromatic heterocycles. The molecular formula is C17H15FN2O3. The SMILES string of the molecule is CC(=NNC(=O)[C@H]1COc2ccccc2O1)c1cccc(F)c1. The Balaban J connectivity index is 1.65. The highest BCUT2D eigenvalue weighted by Gasteiger charge is 2.27. The molecule has 0 saturated carbocycles. The van der Waals surface area contributed by atoms with E-state index in [0.29, 0.717) is 22.8 Å². The zero-order chi connectivity index (χ0) is 16.2. The summed E-state index contributed by atoms with van der Waals surface area (Å²) in [4.78, 5) is 12.1. The van der Waals surface area contributed by atoms with Crippen molar-refractivity contribution in [3.63, 3.8) is 0 Å². The van der Waals surface area contributed by atoms with Gasteiger partial charge in [0.25, 0.3) is 5.91 Å². The first kappa shape index (κ1) is 15.0. The third-order valence-corrected chi connectivity index (χ3v) is 3.38. The summed E-state index contributed by atoms with van der Waals surface area (Å²) in [6, 6.07) is 13.1. The summed E-state index contributed by atoms with van der Waals surface area (Å²) in [5.41, 5.74) is 3.51. The van der Waals surface area contributed by atoms with Crippen molar-refractivity contribution in [2.75, 3.05) is 6.61 Å². The average Bonchev–Trinajstić information content (AvgIpc) is 2.59. The molecule has 1 atom stereocenters. The Labute approximate surface area is 132 Å². The Kier molecular flexibility index (Phi) is 4.23. The van der Waals surface area contributed by atoms with E-state index in [-0.39, 0.29) is 12.4 Å². The maximum Gasteiger partial charge on any atom is 0.284 e. The second-order valence-corrected chi connectivity index (χ2v) is 5.05. The van der Waals surface area contributed by atoms with Crippen LogP contribution in [0, 0.1) is 5.82 Å². The van der Waals surface area contributed by atoms with E-state index in [1.54, 1.807) is 37.3 Å². The van der Waals surface area contributed by atoms with Crippen LogP contribution in [-0.4, -0.2) is 24.3 Å². The van der Waals surface area contributed by atoms with Gasteiger partial charge < -0.3 is 9.47 Å². The van der Waals surface area contributed by atoms with Crippen LogP contribution in [0.4, 0.5) is 4.39 Å². The van der Waals surface area contributed by atoms with Crippen molar-refractivity contribution in [1.82, 2.24) is 5.43 Å². The monoisotopic (exact) mass is 314 g/mol. The molecule has 0 radical (unpaired) electrons. The first-order chi connectivity index (χ1) is 11.1. The minimum absolute atomic E-state index is 0.109. The molecule has 0 saturated heterocycles. The summed E-state index contributed by atoms with van der Waals surface area (Å²) >= 11 is 0. The highest BCUT2D eigenvalue weighted by molar-refractivity contribution is 5.99. The summed E-state index contributed by atoms with van der Waals surface area (Å²) in [6.45, 7) is 1.79. The van der Waals surface area contributed by atoms with Gasteiger partial charge in [0.2, 0.25) is 6.10 Å². The smallest absolute Gasteiger partial charge is 0.284 e. The number of fused-ring (bicyclic) bond motifs is 1. The number of benzene rings is 2. The molecule has 2 aromatic carbocycles. The van der Waals surface area contributed by atoms with Crippen molar-refractivity contribution in [3.05, 3.63) is 59.9 Å². The standard InChI is InChI=1S/C17H15FN2O3/c1-11(12-5-4-6-13(18)9-12)19-20-17(21)16-10-22-14-7-2-3-8-15(14)23-16/h2-9,16H,10H2,1H3,(H,20,21)/t16-/m1/s1. The number of carbonyl (C=O) groups excluding carboxylic acids is 1. The van der Waals surface area contributed by atoms with Crippen LogP contribution < -0.4 is 14.9 Å². The van der Waals surface area contributed by atoms with Crippen molar-refractivity contribution in [2.24, 2.45) is 5.10 Å². The molecule has 23 heavy (non-hydrogen) atoms. The lowest BCUT2D eigenvalue weighted by atomic mass is 10.1. The van der Waals surface area contributed by atoms with Crippen LogP contribution in [0.15, 0.2) is 53.6 Å². The summed E-state index contributed by atoms with van der Waals surface area (Å²) < 4.78 is 24.2. The summed E-state index contributed by atoms with van der Waals surface area (Å²) in [7, 11) is 0. The molecular weight excluding hydrogens is 299 g/mol. The minimum atomic E-state index is -0.783. The molecule has 0 spiro atoms. The first-order valence-electron chi connectivity index (χ1n) is 7.12. The Morgan fingerprint density at radius 3 is 2.78 bits per heavy atom. The number of rotatable bonds is 3. The van der Waals surface area contributed by atoms with Gasteiger partial charge in [-0.2, -0.15) is 5.10 Å². The van der Waals surface area contributed by atoms with Gasteiger partial charge in [-0.05, 0) is 31.2 Å². The fourth-order valence-corrected chi connectivity index (χ4v) is 2.14. The molecule has 1 N–H and O–H groups in total. The molecule has 3 rings (SSSR count). The van der Waals surface area contributed by atoms with Gasteiger partial charge >= 0.3 is 0 Å². The number of nitrogens with one attached hydrogen (secondary N) is 1. The Morgan fingerprint density at radius 2 is 2.00 bits per heavy atom. The summed E-state index contributed by atoms with van der Waals surface area (Å²) in [5, 5.41) is 3.98. The summed E-state index contributed by atoms with van der Waals surface area (Å²) in [6.07, 6.45) is -0.783. The van der Waals surface area contributed by atoms with Crippen molar-refractivity contribution in [2.45, 2.75) is 13.0 Å². The number of halogens is 1. The highest BCUT2D eigenvalue weighted by Crippen LogP contribution is 2.30. The van der Waals surface area contributed by atoms with E-state index in [1.165, 1.54) is 12.1 Å². The normalized spacial score (nSPS) is 16.8. The predicted molar refractivity (Wildman–Crippen MR) is 83.1 cm³/mol. The predicted octanol–water partition coefficient (Wildman–Crippen LogP) is 2.51. The van der Waals surface area contributed by atoms with Crippen molar-refractivity contribution in [3.8, 4) is 11.5 Å². The number of amides is 1. The Morgan fingerprint density at radius 1 is 1.22 bits per heavy atom. The van der Waals surface area contributed by atoms with E-state index < -0.39 is 12.0 Å². The lowest BCUT2D eigenvalue weighted by Crippen LogP contribution is -2.42. The number of hydrogen-bond donors (Lipinski definition) is 1. The fraction of sp³-hybridized carbons (Fsp3) is 0.176. The van der Waals surface area contributed by atoms with Gasteiger partial charge in [0.1, 0.15) is 12.4 Å². The van der Waals surface area contributed by atoms with Gasteiger partial charge in [-0.15, -0.1) is 0 Å². The maximum atomic E-state index is 13.2. The van der Waals surface area contributed by atoms with E-state index in [4.69, 9.17) is 9.47 Å². The molecule has 1 amide bonds. The molecule has 1 aliphatic heterocycles. The zero-order valence-corrected chi connectivity index (χ0v) is 12.5. The van der Waals surface area contributed by atoms with Crippen LogP contribution in [0.25, 0.3) is 0 Å². The van der Waals surface area contributed by atoms with Crippen LogP contribution >= 0.6 is 0 Å². The fourth-order valence-electron chi connectivity index (χ4n) is 2.14. The molecule has 0 aliphatic carbocycles. The second kappa shape index (κ2) is 6.48. The Hall–Kier alpha value is -2.89. The quantitative estimate of drug-likeness (QED) is 0.699. The third-order valence-electron chi connectivity index (χ3n) is 3.38. The number of nitrogens with zero attached hydrogens (tertiary/aromatic N) is 1. The van der Waals surface area contributed by atoms with Gasteiger partial charge in [-0.3, -0.25) is 4.79 Å². The number of para-hydroxylation sites is 2. The van der Waals surface area contributed by atoms with Crippen LogP contribution in [0.5, 0.6) is 11.5 Å². The van der Waals surface area contributed by atoms with Gasteiger partial charge in [0, 0.05) is 5.56 Å². The van der Waals surface area contributed by atoms with E-state index in [0.717, 1.165) is 0 Å². The van der Waals surface area contributed by atoms with Crippen LogP contribution in [0.1, 0.15) is 12.5 Å². The van der Waals surface area contributed by atoms with Gasteiger partial charge in [0.15, 0.2) is 11.5 Å². The van der Waals surface area contributed by atoms with E-state index >= 15 is 0 Å². The topological polar surface area (TPSA) is 59.9 Å². The molecule has 6 heteroatoms. The van der Waals surface area contributed by atoms with Crippen LogP contribution in [0.3, 0.4) is 0 Å². The largest absolute Gasteiger partial charge is 0.485 e. The lowest BCUT2D eigenvalue weighted by Gasteiger charge is -2.24. The van der Waals surface area contributed by atoms with E-state index in [9.17, 15) is 9.18 Å². The second-order valence-electron chi connectivity index (χ2n) is 5.05. The number of ether oxygens (including phenoxy) is 2. The van der Waals surface area contributed by atoms with Gasteiger partial charge in [-0.1, -0.05) is 24.3 Å². The van der Waals surface area contributed by atoms with Gasteiger partial charge in [0.05, 0.1) is 5.71 Å². The molecule has 118 valence electrons. The molecule has 5 nitrogen and oxygen atoms in total. The first-order valence-corrected chi connectivity index (χ1v) is 7.12. The highest BCUT2D eigenvalue weighted by atomic mass is 19.1.